The molecule has 0 bridgehead atoms. The Morgan fingerprint density at radius 1 is 1.07 bits per heavy atom. The lowest BCUT2D eigenvalue weighted by Gasteiger charge is -2.34. The number of piperidine rings is 1. The molecule has 0 spiro atoms. The first kappa shape index (κ1) is 27.0. The molecule has 0 atom stereocenters. The van der Waals surface area contributed by atoms with Crippen molar-refractivity contribution in [1.82, 2.24) is 19.4 Å². The van der Waals surface area contributed by atoms with E-state index in [4.69, 9.17) is 4.74 Å². The number of pyridine rings is 2. The number of aryl methyl sites for hydroxylation is 1. The van der Waals surface area contributed by atoms with E-state index in [9.17, 15) is 14.4 Å². The smallest absolute Gasteiger partial charge is 0.323 e. The maximum Gasteiger partial charge on any atom is 0.323 e. The molecule has 1 fully saturated rings. The van der Waals surface area contributed by atoms with Crippen molar-refractivity contribution in [3.8, 4) is 5.75 Å². The fourth-order valence-corrected chi connectivity index (χ4v) is 5.56. The van der Waals surface area contributed by atoms with Crippen LogP contribution in [0.4, 0.5) is 21.9 Å². The highest BCUT2D eigenvalue weighted by Crippen LogP contribution is 2.37. The lowest BCUT2D eigenvalue weighted by molar-refractivity contribution is -0.133. The molecule has 5 heterocycles. The molecular weight excluding hydrogens is 534 g/mol. The Hall–Kier alpha value is -5.19. The predicted molar refractivity (Wildman–Crippen MR) is 161 cm³/mol. The second-order valence-electron chi connectivity index (χ2n) is 10.7. The predicted octanol–water partition coefficient (Wildman–Crippen LogP) is 4.53. The molecule has 11 nitrogen and oxygen atoms in total. The molecule has 2 aliphatic heterocycles. The molecule has 42 heavy (non-hydrogen) atoms. The molecule has 2 N–H and O–H groups in total. The first-order chi connectivity index (χ1) is 20.3. The number of benzene rings is 1. The van der Waals surface area contributed by atoms with Gasteiger partial charge in [-0.15, -0.1) is 0 Å². The van der Waals surface area contributed by atoms with E-state index < -0.39 is 6.03 Å². The van der Waals surface area contributed by atoms with Crippen LogP contribution in [0.15, 0.2) is 66.9 Å². The molecule has 4 aromatic rings. The Morgan fingerprint density at radius 3 is 2.60 bits per heavy atom. The molecule has 0 saturated carbocycles. The second-order valence-corrected chi connectivity index (χ2v) is 10.7. The molecule has 0 aliphatic carbocycles. The highest BCUT2D eigenvalue weighted by atomic mass is 16.5. The normalized spacial score (nSPS) is 15.9. The van der Waals surface area contributed by atoms with E-state index in [0.29, 0.717) is 22.7 Å². The van der Waals surface area contributed by atoms with Gasteiger partial charge in [0.15, 0.2) is 5.76 Å². The average Bonchev–Trinajstić information content (AvgIpc) is 3.48. The van der Waals surface area contributed by atoms with Crippen LogP contribution in [0, 0.1) is 5.92 Å². The number of Topliss-reactive ketones (excluding diaryl/α,β-unsaturated/α-hetero) is 1. The second kappa shape index (κ2) is 11.0. The topological polar surface area (TPSA) is 122 Å². The number of anilines is 3. The number of hydrogen-bond acceptors (Lipinski definition) is 7. The molecular formula is C31H31N7O4. The van der Waals surface area contributed by atoms with Gasteiger partial charge in [0.2, 0.25) is 11.7 Å². The highest BCUT2D eigenvalue weighted by Gasteiger charge is 2.30. The molecule has 2 aliphatic rings. The van der Waals surface area contributed by atoms with Crippen molar-refractivity contribution < 1.29 is 19.1 Å². The summed E-state index contributed by atoms with van der Waals surface area (Å²) in [6.07, 6.45) is 10.2. The summed E-state index contributed by atoms with van der Waals surface area (Å²) in [7, 11) is 5.52. The lowest BCUT2D eigenvalue weighted by Crippen LogP contribution is -2.40. The van der Waals surface area contributed by atoms with Crippen LogP contribution in [-0.4, -0.2) is 64.3 Å². The molecule has 3 aromatic heterocycles. The summed E-state index contributed by atoms with van der Waals surface area (Å²) in [5.41, 5.74) is 3.99. The summed E-state index contributed by atoms with van der Waals surface area (Å²) in [4.78, 5) is 50.9. The third kappa shape index (κ3) is 5.16. The number of carbonyl (C=O) groups is 3. The molecule has 214 valence electrons. The van der Waals surface area contributed by atoms with Crippen molar-refractivity contribution in [3.05, 3.63) is 78.1 Å². The zero-order chi connectivity index (χ0) is 29.4. The van der Waals surface area contributed by atoms with Crippen molar-refractivity contribution in [2.75, 3.05) is 42.7 Å². The number of hydrogen-bond donors (Lipinski definition) is 2. The largest absolute Gasteiger partial charge is 0.452 e. The quantitative estimate of drug-likeness (QED) is 0.341. The monoisotopic (exact) mass is 565 g/mol. The van der Waals surface area contributed by atoms with E-state index in [-0.39, 0.29) is 23.4 Å². The lowest BCUT2D eigenvalue weighted by atomic mass is 9.95. The number of aromatic nitrogens is 3. The van der Waals surface area contributed by atoms with E-state index in [2.05, 4.69) is 25.5 Å². The number of ether oxygens (including phenoxy) is 1. The van der Waals surface area contributed by atoms with E-state index in [0.717, 1.165) is 48.2 Å². The van der Waals surface area contributed by atoms with Crippen molar-refractivity contribution in [2.24, 2.45) is 13.0 Å². The zero-order valence-electron chi connectivity index (χ0n) is 23.6. The Balaban J connectivity index is 1.23. The zero-order valence-corrected chi connectivity index (χ0v) is 23.6. The minimum atomic E-state index is -0.448. The summed E-state index contributed by atoms with van der Waals surface area (Å²) in [6, 6.07) is 9.95. The van der Waals surface area contributed by atoms with Gasteiger partial charge in [-0.1, -0.05) is 0 Å². The van der Waals surface area contributed by atoms with Crippen LogP contribution in [0.1, 0.15) is 28.8 Å². The number of allylic oxidation sites excluding steroid dienone is 1. The van der Waals surface area contributed by atoms with E-state index in [1.165, 1.54) is 0 Å². The fourth-order valence-electron chi connectivity index (χ4n) is 5.56. The van der Waals surface area contributed by atoms with Gasteiger partial charge in [-0.05, 0) is 55.3 Å². The van der Waals surface area contributed by atoms with Gasteiger partial charge in [-0.2, -0.15) is 0 Å². The Kier molecular flexibility index (Phi) is 7.07. The minimum absolute atomic E-state index is 0.0229. The first-order valence-electron chi connectivity index (χ1n) is 13.7. The molecule has 3 amide bonds. The van der Waals surface area contributed by atoms with Crippen LogP contribution in [0.2, 0.25) is 0 Å². The van der Waals surface area contributed by atoms with Crippen molar-refractivity contribution in [3.63, 3.8) is 0 Å². The van der Waals surface area contributed by atoms with Gasteiger partial charge in [-0.3, -0.25) is 14.6 Å². The SMILES string of the molecule is CN(C)C(=O)C1CCN(c2ccnc3c2c(C=C2Oc4ccc(NC(=O)Nc5cccnc5)cc4C2=O)cn3C)CC1. The standard InChI is InChI=1S/C31H31N7O4/c1-36(2)30(40)19-9-13-38(14-10-19)24-8-12-33-29-27(24)20(18-37(29)3)15-26-28(39)23-16-21(6-7-25(23)42-26)34-31(41)35-22-5-4-11-32-17-22/h4-8,11-12,15-19H,9-10,13-14H2,1-3H3,(H2,34,35,41). The van der Waals surface area contributed by atoms with Crippen molar-refractivity contribution in [2.45, 2.75) is 12.8 Å². The molecule has 6 rings (SSSR count). The van der Waals surface area contributed by atoms with Crippen molar-refractivity contribution in [1.29, 1.82) is 0 Å². The van der Waals surface area contributed by atoms with Crippen LogP contribution < -0.4 is 20.3 Å². The van der Waals surface area contributed by atoms with Gasteiger partial charge >= 0.3 is 6.03 Å². The van der Waals surface area contributed by atoms with Crippen LogP contribution in [0.25, 0.3) is 17.1 Å². The van der Waals surface area contributed by atoms with Gasteiger partial charge in [0, 0.05) is 81.1 Å². The van der Waals surface area contributed by atoms with Gasteiger partial charge in [0.25, 0.3) is 0 Å². The number of ketones is 1. The molecule has 0 radical (unpaired) electrons. The van der Waals surface area contributed by atoms with Gasteiger partial charge in [0.1, 0.15) is 11.4 Å². The Labute approximate surface area is 242 Å². The highest BCUT2D eigenvalue weighted by molar-refractivity contribution is 6.16. The number of nitrogens with zero attached hydrogens (tertiary/aromatic N) is 5. The molecule has 1 saturated heterocycles. The number of fused-ring (bicyclic) bond motifs is 2. The number of nitrogens with one attached hydrogen (secondary N) is 2. The molecule has 11 heteroatoms. The van der Waals surface area contributed by atoms with Crippen LogP contribution in [0.5, 0.6) is 5.75 Å². The third-order valence-electron chi connectivity index (χ3n) is 7.62. The number of amides is 3. The summed E-state index contributed by atoms with van der Waals surface area (Å²) in [5, 5.41) is 6.37. The summed E-state index contributed by atoms with van der Waals surface area (Å²) in [6.45, 7) is 1.50. The first-order valence-corrected chi connectivity index (χ1v) is 13.7. The minimum Gasteiger partial charge on any atom is -0.452 e. The van der Waals surface area contributed by atoms with E-state index in [1.807, 2.05) is 23.9 Å². The van der Waals surface area contributed by atoms with Gasteiger partial charge in [0.05, 0.1) is 17.4 Å². The maximum absolute atomic E-state index is 13.4. The summed E-state index contributed by atoms with van der Waals surface area (Å²) < 4.78 is 7.91. The van der Waals surface area contributed by atoms with Crippen LogP contribution in [0.3, 0.4) is 0 Å². The Bertz CT molecular complexity index is 1720. The molecule has 1 aromatic carbocycles. The number of carbonyl (C=O) groups excluding carboxylic acids is 3. The summed E-state index contributed by atoms with van der Waals surface area (Å²) >= 11 is 0. The number of rotatable bonds is 5. The number of urea groups is 1. The van der Waals surface area contributed by atoms with E-state index in [1.54, 1.807) is 74.0 Å². The van der Waals surface area contributed by atoms with Gasteiger partial charge in [-0.25, -0.2) is 9.78 Å². The third-order valence-corrected chi connectivity index (χ3v) is 7.62. The summed E-state index contributed by atoms with van der Waals surface area (Å²) in [5.74, 6) is 0.542. The molecule has 0 unspecified atom stereocenters. The Morgan fingerprint density at radius 2 is 1.86 bits per heavy atom. The van der Waals surface area contributed by atoms with E-state index >= 15 is 0 Å². The van der Waals surface area contributed by atoms with Gasteiger partial charge < -0.3 is 29.7 Å². The van der Waals surface area contributed by atoms with Crippen LogP contribution in [-0.2, 0) is 11.8 Å². The fraction of sp³-hybridized carbons (Fsp3) is 0.258. The van der Waals surface area contributed by atoms with Crippen LogP contribution >= 0.6 is 0 Å². The maximum atomic E-state index is 13.4. The average molecular weight is 566 g/mol. The van der Waals surface area contributed by atoms with Crippen molar-refractivity contribution >= 4 is 51.9 Å².